The summed E-state index contributed by atoms with van der Waals surface area (Å²) in [6, 6.07) is 7.21. The van der Waals surface area contributed by atoms with Crippen LogP contribution in [0.4, 0.5) is 16.3 Å². The number of carbonyl (C=O) groups is 2. The monoisotopic (exact) mass is 289 g/mol. The molecule has 2 aromatic rings. The van der Waals surface area contributed by atoms with E-state index < -0.39 is 11.9 Å². The van der Waals surface area contributed by atoms with E-state index in [1.165, 1.54) is 24.7 Å². The van der Waals surface area contributed by atoms with E-state index in [0.717, 1.165) is 4.31 Å². The summed E-state index contributed by atoms with van der Waals surface area (Å²) in [6.45, 7) is 0. The molecule has 7 nitrogen and oxygen atoms in total. The highest BCUT2D eigenvalue weighted by Crippen LogP contribution is 2.18. The first-order valence-electron chi connectivity index (χ1n) is 5.54. The van der Waals surface area contributed by atoms with Gasteiger partial charge in [0.1, 0.15) is 12.1 Å². The third kappa shape index (κ3) is 3.23. The zero-order valence-corrected chi connectivity index (χ0v) is 11.1. The second-order valence-corrected chi connectivity index (χ2v) is 4.15. The average Bonchev–Trinajstić information content (AvgIpc) is 2.47. The molecule has 0 unspecified atom stereocenters. The molecule has 0 radical (unpaired) electrons. The number of hydrogen-bond acceptors (Lipinski definition) is 5. The quantitative estimate of drug-likeness (QED) is 0.744. The molecule has 0 aliphatic rings. The minimum absolute atomic E-state index is 0.353. The van der Waals surface area contributed by atoms with Crippen molar-refractivity contribution in [3.05, 3.63) is 48.4 Å². The Morgan fingerprint density at radius 1 is 1.20 bits per heavy atom. The first-order chi connectivity index (χ1) is 9.58. The molecule has 8 heteroatoms. The molecular formula is C12H11N5O2S. The van der Waals surface area contributed by atoms with Crippen LogP contribution in [0.2, 0.25) is 0 Å². The Balaban J connectivity index is 2.08. The second-order valence-electron chi connectivity index (χ2n) is 3.75. The predicted molar refractivity (Wildman–Crippen MR) is 77.5 cm³/mol. The van der Waals surface area contributed by atoms with Crippen molar-refractivity contribution in [2.24, 2.45) is 5.73 Å². The zero-order valence-electron chi connectivity index (χ0n) is 10.2. The van der Waals surface area contributed by atoms with E-state index in [-0.39, 0.29) is 0 Å². The summed E-state index contributed by atoms with van der Waals surface area (Å²) >= 11 is 4.09. The summed E-state index contributed by atoms with van der Waals surface area (Å²) in [7, 11) is 0. The van der Waals surface area contributed by atoms with Crippen molar-refractivity contribution >= 4 is 36.3 Å². The fourth-order valence-electron chi connectivity index (χ4n) is 1.41. The third-order valence-electron chi connectivity index (χ3n) is 2.41. The number of benzene rings is 1. The minimum Gasteiger partial charge on any atom is -0.366 e. The molecule has 1 aromatic carbocycles. The van der Waals surface area contributed by atoms with E-state index >= 15 is 0 Å². The molecule has 0 aliphatic carbocycles. The van der Waals surface area contributed by atoms with Gasteiger partial charge in [0.2, 0.25) is 5.91 Å². The Morgan fingerprint density at radius 2 is 1.90 bits per heavy atom. The summed E-state index contributed by atoms with van der Waals surface area (Å²) in [5.74, 6) is -0.175. The van der Waals surface area contributed by atoms with Crippen LogP contribution in [-0.2, 0) is 0 Å². The van der Waals surface area contributed by atoms with Crippen LogP contribution in [0.1, 0.15) is 10.4 Å². The third-order valence-corrected chi connectivity index (χ3v) is 2.82. The fraction of sp³-hybridized carbons (Fsp3) is 0. The van der Waals surface area contributed by atoms with Crippen molar-refractivity contribution < 1.29 is 9.59 Å². The summed E-state index contributed by atoms with van der Waals surface area (Å²) in [4.78, 5) is 30.5. The number of carbonyl (C=O) groups excluding carboxylic acids is 2. The fourth-order valence-corrected chi connectivity index (χ4v) is 1.59. The highest BCUT2D eigenvalue weighted by atomic mass is 32.1. The van der Waals surface area contributed by atoms with Gasteiger partial charge in [0, 0.05) is 11.8 Å². The number of hydrogen-bond donors (Lipinski definition) is 3. The molecule has 1 heterocycles. The summed E-state index contributed by atoms with van der Waals surface area (Å²) < 4.78 is 1.09. The maximum Gasteiger partial charge on any atom is 0.337 e. The molecule has 3 N–H and O–H groups in total. The molecule has 3 amide bonds. The highest BCUT2D eigenvalue weighted by Gasteiger charge is 2.13. The highest BCUT2D eigenvalue weighted by molar-refractivity contribution is 7.82. The van der Waals surface area contributed by atoms with Crippen LogP contribution in [0.25, 0.3) is 0 Å². The van der Waals surface area contributed by atoms with Gasteiger partial charge < -0.3 is 5.73 Å². The molecule has 0 fully saturated rings. The molecule has 0 bridgehead atoms. The molecule has 0 spiro atoms. The number of nitrogens with one attached hydrogen (secondary N) is 1. The van der Waals surface area contributed by atoms with Crippen molar-refractivity contribution in [1.29, 1.82) is 0 Å². The number of amides is 3. The zero-order chi connectivity index (χ0) is 14.5. The number of rotatable bonds is 3. The van der Waals surface area contributed by atoms with Crippen LogP contribution >= 0.6 is 12.8 Å². The van der Waals surface area contributed by atoms with Crippen LogP contribution in [-0.4, -0.2) is 21.9 Å². The number of urea groups is 1. The van der Waals surface area contributed by atoms with Crippen molar-refractivity contribution in [1.82, 2.24) is 9.97 Å². The topological polar surface area (TPSA) is 101 Å². The van der Waals surface area contributed by atoms with Crippen molar-refractivity contribution in [2.75, 3.05) is 9.62 Å². The van der Waals surface area contributed by atoms with Gasteiger partial charge in [0.05, 0.1) is 5.69 Å². The molecule has 0 saturated heterocycles. The Morgan fingerprint density at radius 3 is 2.45 bits per heavy atom. The SMILES string of the molecule is NC(=O)c1ccc(N(S)C(=O)Nc2ccncn2)cc1. The van der Waals surface area contributed by atoms with E-state index in [0.29, 0.717) is 17.1 Å². The predicted octanol–water partition coefficient (Wildman–Crippen LogP) is 1.46. The van der Waals surface area contributed by atoms with Gasteiger partial charge in [-0.25, -0.2) is 19.1 Å². The minimum atomic E-state index is -0.535. The lowest BCUT2D eigenvalue weighted by Gasteiger charge is -2.16. The first kappa shape index (κ1) is 13.8. The van der Waals surface area contributed by atoms with E-state index in [1.54, 1.807) is 18.2 Å². The normalized spacial score (nSPS) is 9.85. The lowest BCUT2D eigenvalue weighted by molar-refractivity contribution is 0.100. The number of anilines is 2. The van der Waals surface area contributed by atoms with Crippen molar-refractivity contribution in [2.45, 2.75) is 0 Å². The Labute approximate surface area is 120 Å². The molecule has 102 valence electrons. The maximum absolute atomic E-state index is 11.9. The van der Waals surface area contributed by atoms with E-state index in [2.05, 4.69) is 28.1 Å². The molecule has 0 atom stereocenters. The summed E-state index contributed by atoms with van der Waals surface area (Å²) in [5.41, 5.74) is 5.98. The largest absolute Gasteiger partial charge is 0.366 e. The Hall–Kier alpha value is -2.61. The van der Waals surface area contributed by atoms with Gasteiger partial charge in [-0.05, 0) is 30.3 Å². The molecule has 0 saturated carbocycles. The van der Waals surface area contributed by atoms with Gasteiger partial charge in [-0.15, -0.1) is 0 Å². The molecule has 1 aromatic heterocycles. The second kappa shape index (κ2) is 6.02. The number of aromatic nitrogens is 2. The van der Waals surface area contributed by atoms with Gasteiger partial charge in [0.15, 0.2) is 0 Å². The van der Waals surface area contributed by atoms with E-state index in [4.69, 9.17) is 5.73 Å². The van der Waals surface area contributed by atoms with Crippen molar-refractivity contribution in [3.63, 3.8) is 0 Å². The molecule has 0 aliphatic heterocycles. The maximum atomic E-state index is 11.9. The van der Waals surface area contributed by atoms with E-state index in [9.17, 15) is 9.59 Å². The molecular weight excluding hydrogens is 278 g/mol. The number of thiol groups is 1. The average molecular weight is 289 g/mol. The Kier molecular flexibility index (Phi) is 4.16. The van der Waals surface area contributed by atoms with Crippen LogP contribution in [0.3, 0.4) is 0 Å². The van der Waals surface area contributed by atoms with Crippen LogP contribution in [0.5, 0.6) is 0 Å². The molecule has 20 heavy (non-hydrogen) atoms. The van der Waals surface area contributed by atoms with Gasteiger partial charge in [-0.3, -0.25) is 10.1 Å². The van der Waals surface area contributed by atoms with E-state index in [1.807, 2.05) is 0 Å². The van der Waals surface area contributed by atoms with Gasteiger partial charge >= 0.3 is 6.03 Å². The summed E-state index contributed by atoms with van der Waals surface area (Å²) in [5, 5.41) is 2.55. The number of nitrogens with zero attached hydrogens (tertiary/aromatic N) is 3. The van der Waals surface area contributed by atoms with Crippen molar-refractivity contribution in [3.8, 4) is 0 Å². The lowest BCUT2D eigenvalue weighted by atomic mass is 10.2. The van der Waals surface area contributed by atoms with Gasteiger partial charge in [-0.1, -0.05) is 12.8 Å². The number of primary amides is 1. The summed E-state index contributed by atoms with van der Waals surface area (Å²) in [6.07, 6.45) is 2.83. The first-order valence-corrected chi connectivity index (χ1v) is 5.94. The van der Waals surface area contributed by atoms with Crippen LogP contribution in [0, 0.1) is 0 Å². The molecule has 2 rings (SSSR count). The Bertz CT molecular complexity index is 618. The number of nitrogens with two attached hydrogens (primary N) is 1. The van der Waals surface area contributed by atoms with Gasteiger partial charge in [-0.2, -0.15) is 0 Å². The standard InChI is InChI=1S/C12H11N5O2S/c13-11(18)8-1-3-9(4-2-8)17(20)12(19)16-10-5-6-14-7-15-10/h1-7,20H,(H2,13,18)(H,14,15,16,19). The van der Waals surface area contributed by atoms with Gasteiger partial charge in [0.25, 0.3) is 0 Å². The van der Waals surface area contributed by atoms with Crippen LogP contribution < -0.4 is 15.4 Å². The van der Waals surface area contributed by atoms with Crippen LogP contribution in [0.15, 0.2) is 42.9 Å². The lowest BCUT2D eigenvalue weighted by Crippen LogP contribution is -2.27. The smallest absolute Gasteiger partial charge is 0.337 e.